The van der Waals surface area contributed by atoms with Crippen LogP contribution >= 0.6 is 0 Å². The van der Waals surface area contributed by atoms with Crippen LogP contribution in [0.3, 0.4) is 0 Å². The van der Waals surface area contributed by atoms with Gasteiger partial charge in [0.2, 0.25) is 5.91 Å². The zero-order valence-corrected chi connectivity index (χ0v) is 12.6. The lowest BCUT2D eigenvalue weighted by molar-refractivity contribution is -0.137. The molecule has 4 N–H and O–H groups in total. The first-order chi connectivity index (χ1) is 9.18. The van der Waals surface area contributed by atoms with Gasteiger partial charge in [-0.15, -0.1) is 0 Å². The Morgan fingerprint density at radius 1 is 1.25 bits per heavy atom. The van der Waals surface area contributed by atoms with E-state index in [9.17, 15) is 14.4 Å². The van der Waals surface area contributed by atoms with Crippen LogP contribution in [-0.4, -0.2) is 41.1 Å². The van der Waals surface area contributed by atoms with Gasteiger partial charge in [0.15, 0.2) is 0 Å². The Bertz CT molecular complexity index is 356. The second kappa shape index (κ2) is 8.39. The van der Waals surface area contributed by atoms with Crippen LogP contribution in [0, 0.1) is 0 Å². The highest BCUT2D eigenvalue weighted by molar-refractivity contribution is 5.86. The average molecular weight is 287 g/mol. The van der Waals surface area contributed by atoms with E-state index in [4.69, 9.17) is 5.11 Å². The molecule has 0 saturated heterocycles. The molecule has 0 aromatic heterocycles. The molecule has 0 heterocycles. The van der Waals surface area contributed by atoms with Gasteiger partial charge < -0.3 is 21.1 Å². The van der Waals surface area contributed by atoms with Crippen molar-refractivity contribution >= 4 is 17.9 Å². The minimum absolute atomic E-state index is 0.0280. The molecule has 1 unspecified atom stereocenters. The summed E-state index contributed by atoms with van der Waals surface area (Å²) in [6.45, 7) is 7.57. The molecule has 7 heteroatoms. The summed E-state index contributed by atoms with van der Waals surface area (Å²) in [5, 5.41) is 16.5. The summed E-state index contributed by atoms with van der Waals surface area (Å²) in [5.74, 6) is -1.15. The monoisotopic (exact) mass is 287 g/mol. The van der Waals surface area contributed by atoms with Crippen LogP contribution in [-0.2, 0) is 9.59 Å². The van der Waals surface area contributed by atoms with Crippen molar-refractivity contribution in [2.45, 2.75) is 58.5 Å². The lowest BCUT2D eigenvalue weighted by Crippen LogP contribution is -2.53. The lowest BCUT2D eigenvalue weighted by atomic mass is 9.99. The molecule has 0 bridgehead atoms. The van der Waals surface area contributed by atoms with Gasteiger partial charge in [-0.1, -0.05) is 6.92 Å². The molecular weight excluding hydrogens is 262 g/mol. The number of carboxylic acid groups (broad SMARTS) is 1. The third-order valence-electron chi connectivity index (χ3n) is 2.71. The Morgan fingerprint density at radius 2 is 1.85 bits per heavy atom. The topological polar surface area (TPSA) is 108 Å². The Labute approximate surface area is 119 Å². The third kappa shape index (κ3) is 8.34. The Kier molecular flexibility index (Phi) is 7.64. The molecule has 0 fully saturated rings. The highest BCUT2D eigenvalue weighted by atomic mass is 16.4. The van der Waals surface area contributed by atoms with E-state index in [1.165, 1.54) is 0 Å². The van der Waals surface area contributed by atoms with Gasteiger partial charge in [-0.3, -0.25) is 9.59 Å². The first kappa shape index (κ1) is 18.2. The molecule has 0 aromatic rings. The largest absolute Gasteiger partial charge is 0.481 e. The number of hydrogen-bond acceptors (Lipinski definition) is 3. The number of carbonyl (C=O) groups is 3. The van der Waals surface area contributed by atoms with Crippen molar-refractivity contribution in [1.29, 1.82) is 0 Å². The van der Waals surface area contributed by atoms with Crippen molar-refractivity contribution in [3.63, 3.8) is 0 Å². The van der Waals surface area contributed by atoms with E-state index in [1.807, 2.05) is 6.92 Å². The molecule has 20 heavy (non-hydrogen) atoms. The van der Waals surface area contributed by atoms with Gasteiger partial charge in [0.25, 0.3) is 0 Å². The average Bonchev–Trinajstić information content (AvgIpc) is 2.32. The van der Waals surface area contributed by atoms with E-state index in [1.54, 1.807) is 20.8 Å². The van der Waals surface area contributed by atoms with Gasteiger partial charge >= 0.3 is 12.0 Å². The third-order valence-corrected chi connectivity index (χ3v) is 2.71. The first-order valence-electron chi connectivity index (χ1n) is 6.76. The highest BCUT2D eigenvalue weighted by Crippen LogP contribution is 2.10. The number of carboxylic acids is 1. The normalized spacial score (nSPS) is 12.4. The zero-order chi connectivity index (χ0) is 15.8. The van der Waals surface area contributed by atoms with Crippen LogP contribution in [0.2, 0.25) is 0 Å². The minimum Gasteiger partial charge on any atom is -0.481 e. The van der Waals surface area contributed by atoms with Gasteiger partial charge in [0.05, 0.1) is 0 Å². The maximum absolute atomic E-state index is 11.7. The van der Waals surface area contributed by atoms with Crippen molar-refractivity contribution in [3.8, 4) is 0 Å². The molecule has 0 rings (SSSR count). The smallest absolute Gasteiger partial charge is 0.315 e. The zero-order valence-electron chi connectivity index (χ0n) is 12.6. The van der Waals surface area contributed by atoms with Gasteiger partial charge in [-0.05, 0) is 33.6 Å². The molecule has 0 radical (unpaired) electrons. The van der Waals surface area contributed by atoms with E-state index < -0.39 is 23.6 Å². The van der Waals surface area contributed by atoms with E-state index in [2.05, 4.69) is 16.0 Å². The fourth-order valence-electron chi connectivity index (χ4n) is 1.49. The summed E-state index contributed by atoms with van der Waals surface area (Å²) in [7, 11) is 0. The molecule has 7 nitrogen and oxygen atoms in total. The van der Waals surface area contributed by atoms with Gasteiger partial charge in [0.1, 0.15) is 6.04 Å². The molecule has 1 atom stereocenters. The van der Waals surface area contributed by atoms with Crippen LogP contribution in [0.5, 0.6) is 0 Å². The van der Waals surface area contributed by atoms with Gasteiger partial charge in [0, 0.05) is 18.5 Å². The Balaban J connectivity index is 4.20. The molecule has 0 saturated carbocycles. The maximum atomic E-state index is 11.7. The number of carbonyl (C=O) groups excluding carboxylic acids is 2. The lowest BCUT2D eigenvalue weighted by Gasteiger charge is -2.26. The van der Waals surface area contributed by atoms with Gasteiger partial charge in [-0.25, -0.2) is 4.79 Å². The second-order valence-corrected chi connectivity index (χ2v) is 5.39. The highest BCUT2D eigenvalue weighted by Gasteiger charge is 2.23. The molecule has 0 aliphatic rings. The molecule has 0 aromatic carbocycles. The number of urea groups is 1. The minimum atomic E-state index is -0.910. The summed E-state index contributed by atoms with van der Waals surface area (Å²) in [4.78, 5) is 33.8. The molecule has 0 aliphatic carbocycles. The fourth-order valence-corrected chi connectivity index (χ4v) is 1.49. The summed E-state index contributed by atoms with van der Waals surface area (Å²) in [6, 6.07) is -1.13. The summed E-state index contributed by atoms with van der Waals surface area (Å²) >= 11 is 0. The predicted octanol–water partition coefficient (Wildman–Crippen LogP) is 0.844. The van der Waals surface area contributed by atoms with Crippen LogP contribution in [0.15, 0.2) is 0 Å². The van der Waals surface area contributed by atoms with Crippen LogP contribution in [0.4, 0.5) is 4.79 Å². The summed E-state index contributed by atoms with van der Waals surface area (Å²) in [6.07, 6.45) is 1.11. The summed E-state index contributed by atoms with van der Waals surface area (Å²) < 4.78 is 0. The number of hydrogen-bond donors (Lipinski definition) is 4. The SMILES string of the molecule is CCCNC(=O)C(C)NC(=O)NC(C)(C)CCC(=O)O. The Morgan fingerprint density at radius 3 is 2.35 bits per heavy atom. The van der Waals surface area contributed by atoms with Crippen molar-refractivity contribution in [2.24, 2.45) is 0 Å². The molecule has 0 spiro atoms. The summed E-state index contributed by atoms with van der Waals surface area (Å²) in [5.41, 5.74) is -0.651. The van der Waals surface area contributed by atoms with Crippen molar-refractivity contribution in [1.82, 2.24) is 16.0 Å². The van der Waals surface area contributed by atoms with E-state index in [-0.39, 0.29) is 12.3 Å². The molecular formula is C13H25N3O4. The maximum Gasteiger partial charge on any atom is 0.315 e. The van der Waals surface area contributed by atoms with Crippen molar-refractivity contribution in [2.75, 3.05) is 6.54 Å². The molecule has 0 aliphatic heterocycles. The van der Waals surface area contributed by atoms with Crippen LogP contribution in [0.25, 0.3) is 0 Å². The van der Waals surface area contributed by atoms with Crippen LogP contribution < -0.4 is 16.0 Å². The van der Waals surface area contributed by atoms with E-state index >= 15 is 0 Å². The quantitative estimate of drug-likeness (QED) is 0.530. The number of amides is 3. The van der Waals surface area contributed by atoms with Crippen molar-refractivity contribution < 1.29 is 19.5 Å². The molecule has 116 valence electrons. The predicted molar refractivity (Wildman–Crippen MR) is 75.4 cm³/mol. The number of aliphatic carboxylic acids is 1. The number of rotatable bonds is 8. The van der Waals surface area contributed by atoms with Crippen LogP contribution in [0.1, 0.15) is 47.0 Å². The molecule has 3 amide bonds. The van der Waals surface area contributed by atoms with Gasteiger partial charge in [-0.2, -0.15) is 0 Å². The number of nitrogens with one attached hydrogen (secondary N) is 3. The van der Waals surface area contributed by atoms with E-state index in [0.29, 0.717) is 13.0 Å². The van der Waals surface area contributed by atoms with E-state index in [0.717, 1.165) is 6.42 Å². The van der Waals surface area contributed by atoms with Crippen molar-refractivity contribution in [3.05, 3.63) is 0 Å². The second-order valence-electron chi connectivity index (χ2n) is 5.39. The first-order valence-corrected chi connectivity index (χ1v) is 6.76. The standard InChI is InChI=1S/C13H25N3O4/c1-5-8-14-11(19)9(2)15-12(20)16-13(3,4)7-6-10(17)18/h9H,5-8H2,1-4H3,(H,14,19)(H,17,18)(H2,15,16,20). The Hall–Kier alpha value is -1.79. The fraction of sp³-hybridized carbons (Fsp3) is 0.769.